The first kappa shape index (κ1) is 34.9. The zero-order chi connectivity index (χ0) is 30.8. The zero-order valence-electron chi connectivity index (χ0n) is 18.5. The van der Waals surface area contributed by atoms with Crippen LogP contribution in [0, 0.1) is 0 Å². The maximum atomic E-state index is 11.4. The quantitative estimate of drug-likeness (QED) is 0.0942. The third-order valence-electron chi connectivity index (χ3n) is 3.36. The summed E-state index contributed by atoms with van der Waals surface area (Å²) < 4.78 is 191. The monoisotopic (exact) mass is 690 g/mol. The van der Waals surface area contributed by atoms with Crippen LogP contribution in [0.5, 0.6) is 0 Å². The molecule has 30 heteroatoms. The maximum Gasteiger partial charge on any atom is 0.283 e. The van der Waals surface area contributed by atoms with Gasteiger partial charge in [-0.2, -0.15) is 65.5 Å². The van der Waals surface area contributed by atoms with E-state index in [2.05, 4.69) is 15.0 Å². The van der Waals surface area contributed by atoms with Crippen LogP contribution < -0.4 is 14.7 Å². The first-order valence-corrected chi connectivity index (χ1v) is 18.4. The normalized spacial score (nSPS) is 13.7. The van der Waals surface area contributed by atoms with Gasteiger partial charge in [0, 0.05) is 0 Å². The molecule has 0 saturated heterocycles. The van der Waals surface area contributed by atoms with Crippen molar-refractivity contribution in [3.63, 3.8) is 0 Å². The molecule has 0 unspecified atom stereocenters. The molecular formula is C9H18N6O18S6. The molecule has 0 aromatic carbocycles. The van der Waals surface area contributed by atoms with E-state index in [1.54, 1.807) is 0 Å². The third-order valence-corrected chi connectivity index (χ3v) is 7.19. The third kappa shape index (κ3) is 15.3. The number of hydrogen-bond donors (Lipinski definition) is 6. The molecule has 1 rings (SSSR count). The highest BCUT2D eigenvalue weighted by atomic mass is 32.2. The molecule has 0 bridgehead atoms. The molecule has 0 aliphatic carbocycles. The van der Waals surface area contributed by atoms with Gasteiger partial charge in [-0.25, -0.2) is 0 Å². The van der Waals surface area contributed by atoms with Crippen LogP contribution in [-0.2, 0) is 60.7 Å². The molecule has 1 aromatic heterocycles. The lowest BCUT2D eigenvalue weighted by atomic mass is 10.7. The van der Waals surface area contributed by atoms with E-state index in [1.807, 2.05) is 0 Å². The van der Waals surface area contributed by atoms with Crippen LogP contribution in [0.1, 0.15) is 0 Å². The highest BCUT2D eigenvalue weighted by Crippen LogP contribution is 2.22. The van der Waals surface area contributed by atoms with Crippen molar-refractivity contribution in [2.24, 2.45) is 0 Å². The summed E-state index contributed by atoms with van der Waals surface area (Å²) >= 11 is 0. The van der Waals surface area contributed by atoms with Gasteiger partial charge in [-0.1, -0.05) is 0 Å². The molecule has 0 fully saturated rings. The molecule has 0 radical (unpaired) electrons. The van der Waals surface area contributed by atoms with E-state index in [9.17, 15) is 50.5 Å². The Hall–Kier alpha value is -2.13. The Morgan fingerprint density at radius 2 is 0.487 bits per heavy atom. The lowest BCUT2D eigenvalue weighted by molar-refractivity contribution is 0.472. The number of anilines is 3. The molecule has 0 aliphatic rings. The van der Waals surface area contributed by atoms with Gasteiger partial charge < -0.3 is 14.7 Å². The fraction of sp³-hybridized carbons (Fsp3) is 0.667. The molecule has 0 atom stereocenters. The maximum absolute atomic E-state index is 11.4. The Labute approximate surface area is 220 Å². The van der Waals surface area contributed by atoms with Gasteiger partial charge in [-0.3, -0.25) is 27.3 Å². The van der Waals surface area contributed by atoms with Crippen molar-refractivity contribution in [3.8, 4) is 0 Å². The second-order valence-electron chi connectivity index (χ2n) is 7.12. The lowest BCUT2D eigenvalue weighted by Gasteiger charge is -2.26. The van der Waals surface area contributed by atoms with Gasteiger partial charge in [0.15, 0.2) is 0 Å². The van der Waals surface area contributed by atoms with Crippen molar-refractivity contribution >= 4 is 78.6 Å². The molecule has 0 amide bonds. The Morgan fingerprint density at radius 1 is 0.359 bits per heavy atom. The first-order valence-electron chi connectivity index (χ1n) is 8.74. The standard InChI is InChI=1S/C9H18N6O18S6/c16-34(17,18)1-13(2-35(19,20)21)7-10-8(14(3-36(22,23)24)4-37(25,26)27)12-9(11-7)15(5-38(28,29)30)6-39(31,32)33/h1-6H2,(H,16,17,18)(H,19,20,21)(H,22,23,24)(H,25,26,27)(H,28,29,30)(H,31,32,33). The average molecular weight is 691 g/mol. The Kier molecular flexibility index (Phi) is 10.5. The highest BCUT2D eigenvalue weighted by molar-refractivity contribution is 7.87. The van der Waals surface area contributed by atoms with Gasteiger partial charge in [-0.05, 0) is 0 Å². The van der Waals surface area contributed by atoms with Crippen LogP contribution in [-0.4, -0.2) is 128 Å². The summed E-state index contributed by atoms with van der Waals surface area (Å²) in [5.41, 5.74) is 0. The second-order valence-corrected chi connectivity index (χ2v) is 15.7. The summed E-state index contributed by atoms with van der Waals surface area (Å²) in [7, 11) is -31.5. The minimum atomic E-state index is -5.25. The van der Waals surface area contributed by atoms with Crippen molar-refractivity contribution in [3.05, 3.63) is 0 Å². The Bertz CT molecular complexity index is 1400. The minimum absolute atomic E-state index is 0.127. The molecule has 228 valence electrons. The predicted molar refractivity (Wildman–Crippen MR) is 126 cm³/mol. The molecule has 6 N–H and O–H groups in total. The molecule has 1 heterocycles. The fourth-order valence-corrected chi connectivity index (χ4v) is 6.36. The van der Waals surface area contributed by atoms with E-state index in [-0.39, 0.29) is 14.7 Å². The van der Waals surface area contributed by atoms with Crippen LogP contribution in [0.2, 0.25) is 0 Å². The molecule has 1 aromatic rings. The Balaban J connectivity index is 4.14. The van der Waals surface area contributed by atoms with Crippen molar-refractivity contribution in [1.82, 2.24) is 15.0 Å². The lowest BCUT2D eigenvalue weighted by Crippen LogP contribution is -2.40. The van der Waals surface area contributed by atoms with Gasteiger partial charge in [0.05, 0.1) is 0 Å². The van der Waals surface area contributed by atoms with E-state index in [0.717, 1.165) is 0 Å². The number of nitrogens with zero attached hydrogens (tertiary/aromatic N) is 6. The van der Waals surface area contributed by atoms with Crippen LogP contribution in [0.3, 0.4) is 0 Å². The number of hydrogen-bond acceptors (Lipinski definition) is 18. The topological polar surface area (TPSA) is 375 Å². The summed E-state index contributed by atoms with van der Waals surface area (Å²) in [6.07, 6.45) is 0. The Morgan fingerprint density at radius 3 is 0.590 bits per heavy atom. The van der Waals surface area contributed by atoms with E-state index in [1.165, 1.54) is 0 Å². The molecule has 0 aliphatic heterocycles. The van der Waals surface area contributed by atoms with Crippen molar-refractivity contribution < 1.29 is 77.8 Å². The molecule has 39 heavy (non-hydrogen) atoms. The van der Waals surface area contributed by atoms with Crippen LogP contribution >= 0.6 is 0 Å². The zero-order valence-corrected chi connectivity index (χ0v) is 23.4. The van der Waals surface area contributed by atoms with E-state index < -0.39 is 114 Å². The minimum Gasteiger partial charge on any atom is -0.307 e. The van der Waals surface area contributed by atoms with Crippen LogP contribution in [0.25, 0.3) is 0 Å². The van der Waals surface area contributed by atoms with Gasteiger partial charge in [0.2, 0.25) is 17.8 Å². The average Bonchev–Trinajstić information content (AvgIpc) is 2.59. The smallest absolute Gasteiger partial charge is 0.283 e. The second kappa shape index (κ2) is 11.8. The summed E-state index contributed by atoms with van der Waals surface area (Å²) in [5, 5.41) is 0. The van der Waals surface area contributed by atoms with Crippen LogP contribution in [0.4, 0.5) is 17.8 Å². The molecule has 24 nitrogen and oxygen atoms in total. The molecule has 0 saturated carbocycles. The van der Waals surface area contributed by atoms with Gasteiger partial charge in [0.1, 0.15) is 35.3 Å². The van der Waals surface area contributed by atoms with E-state index in [0.29, 0.717) is 0 Å². The number of aromatic nitrogens is 3. The summed E-state index contributed by atoms with van der Waals surface area (Å²) in [5.74, 6) is -15.0. The number of rotatable bonds is 15. The molecular weight excluding hydrogens is 673 g/mol. The van der Waals surface area contributed by atoms with Crippen LogP contribution in [0.15, 0.2) is 0 Å². The molecule has 0 spiro atoms. The summed E-state index contributed by atoms with van der Waals surface area (Å²) in [4.78, 5) is 9.59. The van der Waals surface area contributed by atoms with Crippen molar-refractivity contribution in [1.29, 1.82) is 0 Å². The van der Waals surface area contributed by atoms with E-state index in [4.69, 9.17) is 27.3 Å². The highest BCUT2D eigenvalue weighted by Gasteiger charge is 2.30. The first-order chi connectivity index (χ1) is 17.0. The van der Waals surface area contributed by atoms with Crippen molar-refractivity contribution in [2.45, 2.75) is 0 Å². The predicted octanol–water partition coefficient (Wildman–Crippen LogP) is -4.64. The van der Waals surface area contributed by atoms with E-state index >= 15 is 0 Å². The van der Waals surface area contributed by atoms with Crippen molar-refractivity contribution in [2.75, 3.05) is 50.0 Å². The van der Waals surface area contributed by atoms with Gasteiger partial charge in [-0.15, -0.1) is 0 Å². The fourth-order valence-electron chi connectivity index (χ4n) is 2.41. The summed E-state index contributed by atoms with van der Waals surface area (Å²) in [6.45, 7) is 0. The SMILES string of the molecule is O=S(=O)(O)CN(CS(=O)(=O)O)c1nc(N(CS(=O)(=O)O)CS(=O)(=O)O)nc(N(CS(=O)(=O)O)CS(=O)(=O)O)n1. The summed E-state index contributed by atoms with van der Waals surface area (Å²) in [6, 6.07) is 0. The van der Waals surface area contributed by atoms with Gasteiger partial charge in [0.25, 0.3) is 60.7 Å². The largest absolute Gasteiger partial charge is 0.307 e. The van der Waals surface area contributed by atoms with Gasteiger partial charge >= 0.3 is 0 Å².